The molecule has 0 aliphatic heterocycles. The Morgan fingerprint density at radius 1 is 1.31 bits per heavy atom. The highest BCUT2D eigenvalue weighted by Crippen LogP contribution is 2.27. The van der Waals surface area contributed by atoms with Gasteiger partial charge in [0.05, 0.1) is 7.11 Å². The van der Waals surface area contributed by atoms with Gasteiger partial charge in [0.1, 0.15) is 5.75 Å². The molecule has 0 heterocycles. The maximum Gasteiger partial charge on any atom is 0.122 e. The molecule has 1 aromatic rings. The third kappa shape index (κ3) is 1.92. The highest BCUT2D eigenvalue weighted by molar-refractivity contribution is 5.53. The lowest BCUT2D eigenvalue weighted by Crippen LogP contribution is -1.87. The van der Waals surface area contributed by atoms with Crippen molar-refractivity contribution in [1.82, 2.24) is 0 Å². The first-order valence-electron chi connectivity index (χ1n) is 3.89. The van der Waals surface area contributed by atoms with Crippen molar-refractivity contribution in [2.45, 2.75) is 13.8 Å². The summed E-state index contributed by atoms with van der Waals surface area (Å²) in [5.74, 6) is 0.814. The minimum Gasteiger partial charge on any atom is -0.496 e. The summed E-state index contributed by atoms with van der Waals surface area (Å²) in [5.41, 5.74) is 10.8. The molecule has 1 aromatic carbocycles. The van der Waals surface area contributed by atoms with E-state index in [1.54, 1.807) is 7.11 Å². The van der Waals surface area contributed by atoms with E-state index in [0.29, 0.717) is 5.69 Å². The van der Waals surface area contributed by atoms with Crippen LogP contribution in [-0.4, -0.2) is 7.11 Å². The second-order valence-corrected chi connectivity index (χ2v) is 2.80. The van der Waals surface area contributed by atoms with E-state index >= 15 is 0 Å². The standard InChI is InChI=1S/C9H11N3O/c1-6-5-9(13-3)7(2)4-8(6)11-12-10/h4-5H,1-3H3. The van der Waals surface area contributed by atoms with Gasteiger partial charge >= 0.3 is 0 Å². The normalized spacial score (nSPS) is 9.15. The van der Waals surface area contributed by atoms with Gasteiger partial charge in [0.25, 0.3) is 0 Å². The van der Waals surface area contributed by atoms with Crippen molar-refractivity contribution in [3.63, 3.8) is 0 Å². The summed E-state index contributed by atoms with van der Waals surface area (Å²) in [6, 6.07) is 3.67. The van der Waals surface area contributed by atoms with Crippen molar-refractivity contribution in [2.75, 3.05) is 7.11 Å². The van der Waals surface area contributed by atoms with E-state index in [9.17, 15) is 0 Å². The number of methoxy groups -OCH3 is 1. The molecule has 13 heavy (non-hydrogen) atoms. The average Bonchev–Trinajstić information content (AvgIpc) is 2.11. The second kappa shape index (κ2) is 3.83. The smallest absolute Gasteiger partial charge is 0.122 e. The number of ether oxygens (including phenoxy) is 1. The topological polar surface area (TPSA) is 58.0 Å². The zero-order valence-corrected chi connectivity index (χ0v) is 7.90. The van der Waals surface area contributed by atoms with Crippen molar-refractivity contribution in [3.8, 4) is 5.75 Å². The summed E-state index contributed by atoms with van der Waals surface area (Å²) >= 11 is 0. The first kappa shape index (κ1) is 9.42. The fourth-order valence-corrected chi connectivity index (χ4v) is 1.15. The summed E-state index contributed by atoms with van der Waals surface area (Å²) in [4.78, 5) is 2.75. The van der Waals surface area contributed by atoms with Crippen LogP contribution in [0.25, 0.3) is 10.4 Å². The minimum absolute atomic E-state index is 0.654. The Morgan fingerprint density at radius 3 is 2.54 bits per heavy atom. The molecule has 0 bridgehead atoms. The van der Waals surface area contributed by atoms with Gasteiger partial charge in [-0.3, -0.25) is 0 Å². The van der Waals surface area contributed by atoms with Gasteiger partial charge in [-0.1, -0.05) is 5.11 Å². The van der Waals surface area contributed by atoms with Crippen LogP contribution in [-0.2, 0) is 0 Å². The molecule has 1 rings (SSSR count). The second-order valence-electron chi connectivity index (χ2n) is 2.80. The average molecular weight is 177 g/mol. The number of hydrogen-bond acceptors (Lipinski definition) is 2. The van der Waals surface area contributed by atoms with Crippen LogP contribution in [0.3, 0.4) is 0 Å². The maximum absolute atomic E-state index is 8.29. The Balaban J connectivity index is 3.27. The summed E-state index contributed by atoms with van der Waals surface area (Å²) in [6.07, 6.45) is 0. The molecule has 0 amide bonds. The number of azide groups is 1. The highest BCUT2D eigenvalue weighted by atomic mass is 16.5. The van der Waals surface area contributed by atoms with Crippen LogP contribution in [0.2, 0.25) is 0 Å². The Bertz CT molecular complexity index is 367. The van der Waals surface area contributed by atoms with Crippen LogP contribution in [0.1, 0.15) is 11.1 Å². The van der Waals surface area contributed by atoms with Gasteiger partial charge in [0.15, 0.2) is 0 Å². The van der Waals surface area contributed by atoms with Gasteiger partial charge in [-0.25, -0.2) is 0 Å². The number of hydrogen-bond donors (Lipinski definition) is 0. The molecule has 0 spiro atoms. The molecule has 0 unspecified atom stereocenters. The maximum atomic E-state index is 8.29. The molecule has 0 atom stereocenters. The van der Waals surface area contributed by atoms with Gasteiger partial charge in [-0.15, -0.1) is 0 Å². The molecule has 68 valence electrons. The molecule has 0 fully saturated rings. The van der Waals surface area contributed by atoms with E-state index in [1.807, 2.05) is 26.0 Å². The highest BCUT2D eigenvalue weighted by Gasteiger charge is 2.02. The molecule has 4 heteroatoms. The van der Waals surface area contributed by atoms with Crippen molar-refractivity contribution < 1.29 is 4.74 Å². The van der Waals surface area contributed by atoms with E-state index < -0.39 is 0 Å². The molecular formula is C9H11N3O. The predicted molar refractivity (Wildman–Crippen MR) is 51.3 cm³/mol. The third-order valence-electron chi connectivity index (χ3n) is 1.87. The summed E-state index contributed by atoms with van der Waals surface area (Å²) < 4.78 is 5.12. The van der Waals surface area contributed by atoms with Crippen molar-refractivity contribution in [3.05, 3.63) is 33.7 Å². The van der Waals surface area contributed by atoms with Crippen LogP contribution in [0.4, 0.5) is 5.69 Å². The number of aryl methyl sites for hydroxylation is 2. The summed E-state index contributed by atoms with van der Waals surface area (Å²) in [7, 11) is 1.62. The zero-order chi connectivity index (χ0) is 9.84. The Labute approximate surface area is 76.8 Å². The van der Waals surface area contributed by atoms with E-state index in [4.69, 9.17) is 10.3 Å². The number of rotatable bonds is 2. The van der Waals surface area contributed by atoms with E-state index in [0.717, 1.165) is 16.9 Å². The van der Waals surface area contributed by atoms with E-state index in [2.05, 4.69) is 10.0 Å². The molecule has 0 N–H and O–H groups in total. The fraction of sp³-hybridized carbons (Fsp3) is 0.333. The first-order chi connectivity index (χ1) is 6.19. The van der Waals surface area contributed by atoms with E-state index in [1.165, 1.54) is 0 Å². The molecule has 0 aromatic heterocycles. The Kier molecular flexibility index (Phi) is 2.77. The molecule has 4 nitrogen and oxygen atoms in total. The molecule has 0 aliphatic rings. The Hall–Kier alpha value is -1.67. The van der Waals surface area contributed by atoms with Crippen molar-refractivity contribution >= 4 is 5.69 Å². The summed E-state index contributed by atoms with van der Waals surface area (Å²) in [5, 5.41) is 3.57. The minimum atomic E-state index is 0.654. The summed E-state index contributed by atoms with van der Waals surface area (Å²) in [6.45, 7) is 3.79. The largest absolute Gasteiger partial charge is 0.496 e. The van der Waals surface area contributed by atoms with Crippen LogP contribution < -0.4 is 4.74 Å². The predicted octanol–water partition coefficient (Wildman–Crippen LogP) is 3.25. The lowest BCUT2D eigenvalue weighted by Gasteiger charge is -2.07. The quantitative estimate of drug-likeness (QED) is 0.388. The van der Waals surface area contributed by atoms with Gasteiger partial charge in [-0.2, -0.15) is 0 Å². The van der Waals surface area contributed by atoms with Gasteiger partial charge < -0.3 is 4.74 Å². The Morgan fingerprint density at radius 2 is 2.00 bits per heavy atom. The SMILES string of the molecule is COc1cc(C)c(N=[N+]=[N-])cc1C. The monoisotopic (exact) mass is 177 g/mol. The lowest BCUT2D eigenvalue weighted by atomic mass is 10.1. The molecule has 0 radical (unpaired) electrons. The van der Waals surface area contributed by atoms with Crippen molar-refractivity contribution in [2.24, 2.45) is 5.11 Å². The number of nitrogens with zero attached hydrogens (tertiary/aromatic N) is 3. The van der Waals surface area contributed by atoms with Crippen LogP contribution >= 0.6 is 0 Å². The fourth-order valence-electron chi connectivity index (χ4n) is 1.15. The van der Waals surface area contributed by atoms with Crippen LogP contribution in [0.5, 0.6) is 5.75 Å². The van der Waals surface area contributed by atoms with Gasteiger partial charge in [-0.05, 0) is 42.6 Å². The van der Waals surface area contributed by atoms with Crippen LogP contribution in [0, 0.1) is 13.8 Å². The van der Waals surface area contributed by atoms with E-state index in [-0.39, 0.29) is 0 Å². The third-order valence-corrected chi connectivity index (χ3v) is 1.87. The first-order valence-corrected chi connectivity index (χ1v) is 3.89. The molecule has 0 saturated carbocycles. The van der Waals surface area contributed by atoms with Crippen LogP contribution in [0.15, 0.2) is 17.2 Å². The molecular weight excluding hydrogens is 166 g/mol. The zero-order valence-electron chi connectivity index (χ0n) is 7.90. The molecule has 0 saturated heterocycles. The van der Waals surface area contributed by atoms with Gasteiger partial charge in [0, 0.05) is 10.6 Å². The van der Waals surface area contributed by atoms with Gasteiger partial charge in [0.2, 0.25) is 0 Å². The lowest BCUT2D eigenvalue weighted by molar-refractivity contribution is 0.411. The number of benzene rings is 1. The van der Waals surface area contributed by atoms with Crippen molar-refractivity contribution in [1.29, 1.82) is 0 Å². The molecule has 0 aliphatic carbocycles.